The first-order valence-electron chi connectivity index (χ1n) is 7.01. The molecule has 100 valence electrons. The minimum atomic E-state index is -0.243. The predicted molar refractivity (Wildman–Crippen MR) is 67.7 cm³/mol. The van der Waals surface area contributed by atoms with E-state index in [1.807, 2.05) is 0 Å². The van der Waals surface area contributed by atoms with Gasteiger partial charge >= 0.3 is 5.97 Å². The number of esters is 1. The highest BCUT2D eigenvalue weighted by molar-refractivity contribution is 5.90. The lowest BCUT2D eigenvalue weighted by molar-refractivity contribution is -0.139. The number of hydrogen-bond acceptors (Lipinski definition) is 3. The van der Waals surface area contributed by atoms with Gasteiger partial charge in [-0.3, -0.25) is 0 Å². The summed E-state index contributed by atoms with van der Waals surface area (Å²) in [6, 6.07) is 0. The molecule has 1 N–H and O–H groups in total. The molecule has 1 saturated heterocycles. The molecular formula is C15H22O3. The number of aliphatic hydroxyl groups is 1. The summed E-state index contributed by atoms with van der Waals surface area (Å²) in [6.45, 7) is 8.32. The van der Waals surface area contributed by atoms with E-state index in [1.54, 1.807) is 0 Å². The minimum absolute atomic E-state index is 0.00498. The van der Waals surface area contributed by atoms with Gasteiger partial charge in [-0.05, 0) is 42.9 Å². The van der Waals surface area contributed by atoms with Gasteiger partial charge in [0.1, 0.15) is 6.10 Å². The van der Waals surface area contributed by atoms with Crippen LogP contribution in [0.15, 0.2) is 12.2 Å². The molecule has 3 fully saturated rings. The minimum Gasteiger partial charge on any atom is -0.458 e. The zero-order valence-corrected chi connectivity index (χ0v) is 11.2. The molecule has 1 heterocycles. The number of hydrogen-bond donors (Lipinski definition) is 1. The molecule has 0 amide bonds. The lowest BCUT2D eigenvalue weighted by Gasteiger charge is -2.36. The Labute approximate surface area is 108 Å². The molecule has 18 heavy (non-hydrogen) atoms. The third-order valence-corrected chi connectivity index (χ3v) is 5.73. The summed E-state index contributed by atoms with van der Waals surface area (Å²) in [5.74, 6) is 0.930. The van der Waals surface area contributed by atoms with Gasteiger partial charge in [0.2, 0.25) is 0 Å². The molecule has 1 aliphatic heterocycles. The molecule has 0 aromatic carbocycles. The van der Waals surface area contributed by atoms with Crippen LogP contribution in [0.25, 0.3) is 0 Å². The molecular weight excluding hydrogens is 228 g/mol. The molecule has 3 aliphatic rings. The molecule has 0 aromatic rings. The quantitative estimate of drug-likeness (QED) is 0.530. The smallest absolute Gasteiger partial charge is 0.334 e. The average Bonchev–Trinajstić information content (AvgIpc) is 2.69. The summed E-state index contributed by atoms with van der Waals surface area (Å²) in [7, 11) is 0. The van der Waals surface area contributed by atoms with Crippen molar-refractivity contribution in [1.82, 2.24) is 0 Å². The van der Waals surface area contributed by atoms with Crippen LogP contribution >= 0.6 is 0 Å². The van der Waals surface area contributed by atoms with Crippen molar-refractivity contribution in [3.8, 4) is 0 Å². The molecule has 4 unspecified atom stereocenters. The first-order valence-corrected chi connectivity index (χ1v) is 7.01. The van der Waals surface area contributed by atoms with Crippen molar-refractivity contribution in [2.45, 2.75) is 51.7 Å². The van der Waals surface area contributed by atoms with Crippen molar-refractivity contribution < 1.29 is 14.6 Å². The van der Waals surface area contributed by atoms with E-state index in [-0.39, 0.29) is 29.5 Å². The predicted octanol–water partition coefficient (Wildman–Crippen LogP) is 2.29. The highest BCUT2D eigenvalue weighted by Gasteiger charge is 2.55. The van der Waals surface area contributed by atoms with E-state index in [9.17, 15) is 9.90 Å². The molecule has 2 aliphatic carbocycles. The average molecular weight is 250 g/mol. The van der Waals surface area contributed by atoms with E-state index >= 15 is 0 Å². The Morgan fingerprint density at radius 2 is 2.17 bits per heavy atom. The van der Waals surface area contributed by atoms with Crippen LogP contribution in [-0.4, -0.2) is 23.3 Å². The zero-order valence-electron chi connectivity index (χ0n) is 11.2. The molecule has 0 bridgehead atoms. The molecule has 0 radical (unpaired) electrons. The number of rotatable bonds is 0. The van der Waals surface area contributed by atoms with Gasteiger partial charge in [-0.1, -0.05) is 20.4 Å². The molecule has 6 atom stereocenters. The SMILES string of the molecule is C=C1C(=O)OC2CC(C)[C@H]3CCC(O)[C@@]3(C)CC12. The summed E-state index contributed by atoms with van der Waals surface area (Å²) in [4.78, 5) is 11.7. The molecule has 3 nitrogen and oxygen atoms in total. The standard InChI is InChI=1S/C15H22O3/c1-8-6-12-10(9(2)14(17)18-12)7-15(3)11(8)4-5-13(15)16/h8,10-13,16H,2,4-7H2,1,3H3/t8?,10?,11-,12?,13?,15+/m1/s1. The number of carbonyl (C=O) groups excluding carboxylic acids is 1. The Morgan fingerprint density at radius 3 is 2.89 bits per heavy atom. The van der Waals surface area contributed by atoms with E-state index in [4.69, 9.17) is 4.74 Å². The van der Waals surface area contributed by atoms with E-state index in [0.717, 1.165) is 25.7 Å². The topological polar surface area (TPSA) is 46.5 Å². The second-order valence-corrected chi connectivity index (χ2v) is 6.70. The van der Waals surface area contributed by atoms with E-state index in [1.165, 1.54) is 0 Å². The van der Waals surface area contributed by atoms with Crippen molar-refractivity contribution in [3.63, 3.8) is 0 Å². The Morgan fingerprint density at radius 1 is 1.44 bits per heavy atom. The number of fused-ring (bicyclic) bond motifs is 2. The van der Waals surface area contributed by atoms with E-state index in [0.29, 0.717) is 17.4 Å². The van der Waals surface area contributed by atoms with Crippen LogP contribution in [-0.2, 0) is 9.53 Å². The van der Waals surface area contributed by atoms with Crippen LogP contribution in [0.3, 0.4) is 0 Å². The van der Waals surface area contributed by atoms with Gasteiger partial charge in [0, 0.05) is 11.5 Å². The summed E-state index contributed by atoms with van der Waals surface area (Å²) in [5, 5.41) is 10.3. The van der Waals surface area contributed by atoms with Gasteiger partial charge in [-0.15, -0.1) is 0 Å². The van der Waals surface area contributed by atoms with Crippen LogP contribution < -0.4 is 0 Å². The fourth-order valence-corrected chi connectivity index (χ4v) is 4.61. The van der Waals surface area contributed by atoms with Crippen LogP contribution in [0, 0.1) is 23.2 Å². The number of ether oxygens (including phenoxy) is 1. The van der Waals surface area contributed by atoms with E-state index in [2.05, 4.69) is 20.4 Å². The maximum Gasteiger partial charge on any atom is 0.334 e. The van der Waals surface area contributed by atoms with Gasteiger partial charge in [0.15, 0.2) is 0 Å². The van der Waals surface area contributed by atoms with Gasteiger partial charge in [-0.2, -0.15) is 0 Å². The number of carbonyl (C=O) groups is 1. The third kappa shape index (κ3) is 1.49. The van der Waals surface area contributed by atoms with Crippen LogP contribution in [0.2, 0.25) is 0 Å². The van der Waals surface area contributed by atoms with Crippen LogP contribution in [0.5, 0.6) is 0 Å². The van der Waals surface area contributed by atoms with Crippen molar-refractivity contribution in [1.29, 1.82) is 0 Å². The largest absolute Gasteiger partial charge is 0.458 e. The van der Waals surface area contributed by atoms with Crippen molar-refractivity contribution in [2.24, 2.45) is 23.2 Å². The van der Waals surface area contributed by atoms with Crippen molar-refractivity contribution in [2.75, 3.05) is 0 Å². The Bertz CT molecular complexity index is 403. The summed E-state index contributed by atoms with van der Waals surface area (Å²) >= 11 is 0. The molecule has 0 spiro atoms. The van der Waals surface area contributed by atoms with Crippen LogP contribution in [0.4, 0.5) is 0 Å². The molecule has 0 aromatic heterocycles. The lowest BCUT2D eigenvalue weighted by Crippen LogP contribution is -2.35. The summed E-state index contributed by atoms with van der Waals surface area (Å²) < 4.78 is 5.45. The summed E-state index contributed by atoms with van der Waals surface area (Å²) in [5.41, 5.74) is 0.545. The Balaban J connectivity index is 1.96. The highest BCUT2D eigenvalue weighted by Crippen LogP contribution is 2.56. The van der Waals surface area contributed by atoms with Gasteiger partial charge in [-0.25, -0.2) is 4.79 Å². The van der Waals surface area contributed by atoms with Gasteiger partial charge in [0.25, 0.3) is 0 Å². The second kappa shape index (κ2) is 3.83. The normalized spacial score (nSPS) is 51.6. The molecule has 2 saturated carbocycles. The molecule has 3 heteroatoms. The first kappa shape index (κ1) is 12.2. The van der Waals surface area contributed by atoms with Gasteiger partial charge < -0.3 is 9.84 Å². The van der Waals surface area contributed by atoms with E-state index < -0.39 is 0 Å². The maximum absolute atomic E-state index is 11.7. The van der Waals surface area contributed by atoms with Crippen molar-refractivity contribution in [3.05, 3.63) is 12.2 Å². The maximum atomic E-state index is 11.7. The van der Waals surface area contributed by atoms with Crippen molar-refractivity contribution >= 4 is 5.97 Å². The number of aliphatic hydroxyl groups excluding tert-OH is 1. The second-order valence-electron chi connectivity index (χ2n) is 6.70. The third-order valence-electron chi connectivity index (χ3n) is 5.73. The Kier molecular flexibility index (Phi) is 2.60. The van der Waals surface area contributed by atoms with Crippen LogP contribution in [0.1, 0.15) is 39.5 Å². The fraction of sp³-hybridized carbons (Fsp3) is 0.800. The van der Waals surface area contributed by atoms with Gasteiger partial charge in [0.05, 0.1) is 6.10 Å². The first-order chi connectivity index (χ1) is 8.43. The zero-order chi connectivity index (χ0) is 13.1. The Hall–Kier alpha value is -0.830. The summed E-state index contributed by atoms with van der Waals surface area (Å²) in [6.07, 6.45) is 3.51. The monoisotopic (exact) mass is 250 g/mol. The fourth-order valence-electron chi connectivity index (χ4n) is 4.61. The highest BCUT2D eigenvalue weighted by atomic mass is 16.6. The molecule has 3 rings (SSSR count). The lowest BCUT2D eigenvalue weighted by atomic mass is 9.69.